The molecule has 0 aromatic carbocycles. The van der Waals surface area contributed by atoms with Gasteiger partial charge in [0.2, 0.25) is 0 Å². The van der Waals surface area contributed by atoms with E-state index in [9.17, 15) is 14.9 Å². The van der Waals surface area contributed by atoms with Crippen molar-refractivity contribution in [1.82, 2.24) is 14.8 Å². The summed E-state index contributed by atoms with van der Waals surface area (Å²) in [6.45, 7) is 5.48. The van der Waals surface area contributed by atoms with E-state index in [0.717, 1.165) is 25.9 Å². The highest BCUT2D eigenvalue weighted by molar-refractivity contribution is 5.93. The van der Waals surface area contributed by atoms with Gasteiger partial charge in [-0.05, 0) is 42.8 Å². The second-order valence-corrected chi connectivity index (χ2v) is 5.44. The van der Waals surface area contributed by atoms with Gasteiger partial charge < -0.3 is 20.3 Å². The molecule has 0 unspecified atom stereocenters. The molecule has 2 heterocycles. The zero-order chi connectivity index (χ0) is 15.4. The molecule has 1 fully saturated rings. The molecule has 0 aliphatic carbocycles. The molecule has 7 nitrogen and oxygen atoms in total. The molecule has 1 aromatic rings. The number of nitrogens with one attached hydrogen (secondary N) is 1. The minimum Gasteiger partial charge on any atom is -0.358 e. The second kappa shape index (κ2) is 6.71. The molecule has 0 atom stereocenters. The van der Waals surface area contributed by atoms with E-state index in [4.69, 9.17) is 0 Å². The Morgan fingerprint density at radius 2 is 2.10 bits per heavy atom. The van der Waals surface area contributed by atoms with Gasteiger partial charge in [0.05, 0.1) is 7.05 Å². The average molecular weight is 294 g/mol. The highest BCUT2D eigenvalue weighted by Crippen LogP contribution is 2.21. The van der Waals surface area contributed by atoms with Gasteiger partial charge in [0.25, 0.3) is 5.91 Å². The molecule has 1 aliphatic heterocycles. The van der Waals surface area contributed by atoms with Gasteiger partial charge in [-0.25, -0.2) is 4.57 Å². The lowest BCUT2D eigenvalue weighted by atomic mass is 9.96. The molecule has 21 heavy (non-hydrogen) atoms. The fourth-order valence-corrected chi connectivity index (χ4v) is 2.75. The zero-order valence-corrected chi connectivity index (χ0v) is 12.5. The molecule has 0 bridgehead atoms. The topological polar surface area (TPSA) is 80.4 Å². The quantitative estimate of drug-likeness (QED) is 0.657. The van der Waals surface area contributed by atoms with Crippen LogP contribution in [0, 0.1) is 16.0 Å². The number of aromatic nitrogens is 1. The number of nitro groups is 1. The Bertz CT molecular complexity index is 518. The average Bonchev–Trinajstić information content (AvgIpc) is 2.87. The van der Waals surface area contributed by atoms with Crippen molar-refractivity contribution in [2.45, 2.75) is 19.8 Å². The van der Waals surface area contributed by atoms with Crippen LogP contribution in [0.5, 0.6) is 0 Å². The van der Waals surface area contributed by atoms with Gasteiger partial charge in [-0.2, -0.15) is 0 Å². The fourth-order valence-electron chi connectivity index (χ4n) is 2.75. The van der Waals surface area contributed by atoms with Crippen LogP contribution in [0.15, 0.2) is 12.1 Å². The molecule has 1 aromatic heterocycles. The number of rotatable bonds is 5. The van der Waals surface area contributed by atoms with E-state index in [1.165, 1.54) is 16.7 Å². The number of carbonyl (C=O) groups is 1. The second-order valence-electron chi connectivity index (χ2n) is 5.44. The Labute approximate surface area is 124 Å². The van der Waals surface area contributed by atoms with Crippen molar-refractivity contribution in [3.63, 3.8) is 0 Å². The summed E-state index contributed by atoms with van der Waals surface area (Å²) in [5.41, 5.74) is 0.381. The van der Waals surface area contributed by atoms with E-state index in [1.54, 1.807) is 11.9 Å². The lowest BCUT2D eigenvalue weighted by Crippen LogP contribution is -2.41. The van der Waals surface area contributed by atoms with Crippen molar-refractivity contribution < 1.29 is 9.72 Å². The maximum Gasteiger partial charge on any atom is 0.323 e. The molecule has 7 heteroatoms. The molecule has 2 rings (SSSR count). The Balaban J connectivity index is 1.97. The summed E-state index contributed by atoms with van der Waals surface area (Å²) in [7, 11) is 1.56. The molecule has 1 aliphatic rings. The Kier molecular flexibility index (Phi) is 4.95. The Morgan fingerprint density at radius 3 is 2.62 bits per heavy atom. The van der Waals surface area contributed by atoms with E-state index in [0.29, 0.717) is 24.7 Å². The van der Waals surface area contributed by atoms with Crippen molar-refractivity contribution in [2.24, 2.45) is 13.0 Å². The van der Waals surface area contributed by atoms with Gasteiger partial charge in [0.15, 0.2) is 5.69 Å². The van der Waals surface area contributed by atoms with Gasteiger partial charge >= 0.3 is 5.82 Å². The predicted octanol–water partition coefficient (Wildman–Crippen LogP) is 1.39. The minimum absolute atomic E-state index is 0.0552. The van der Waals surface area contributed by atoms with E-state index in [1.807, 2.05) is 0 Å². The summed E-state index contributed by atoms with van der Waals surface area (Å²) in [6, 6.07) is 2.91. The number of piperidine rings is 1. The molecule has 0 saturated carbocycles. The zero-order valence-electron chi connectivity index (χ0n) is 12.5. The highest BCUT2D eigenvalue weighted by atomic mass is 16.6. The molecule has 0 spiro atoms. The van der Waals surface area contributed by atoms with Crippen molar-refractivity contribution >= 4 is 11.7 Å². The Morgan fingerprint density at radius 1 is 1.43 bits per heavy atom. The summed E-state index contributed by atoms with van der Waals surface area (Å²) in [5, 5.41) is 14.2. The summed E-state index contributed by atoms with van der Waals surface area (Å²) in [6.07, 6.45) is 1.95. The lowest BCUT2D eigenvalue weighted by Gasteiger charge is -2.31. The summed E-state index contributed by atoms with van der Waals surface area (Å²) >= 11 is 0. The molecule has 116 valence electrons. The van der Waals surface area contributed by atoms with Gasteiger partial charge in [0.1, 0.15) is 0 Å². The standard InChI is InChI=1S/C14H22N4O3/c1-3-15-10-11-6-8-17(9-7-11)14(19)12-4-5-13(16(12)2)18(20)21/h4-5,11,15H,3,6-10H2,1-2H3. The van der Waals surface area contributed by atoms with E-state index < -0.39 is 4.92 Å². The normalized spacial score (nSPS) is 16.2. The number of amides is 1. The molecule has 1 N–H and O–H groups in total. The van der Waals surface area contributed by atoms with Gasteiger partial charge in [-0.15, -0.1) is 0 Å². The van der Waals surface area contributed by atoms with Crippen LogP contribution in [-0.2, 0) is 7.05 Å². The van der Waals surface area contributed by atoms with Crippen LogP contribution in [0.3, 0.4) is 0 Å². The fraction of sp³-hybridized carbons (Fsp3) is 0.643. The highest BCUT2D eigenvalue weighted by Gasteiger charge is 2.28. The van der Waals surface area contributed by atoms with Crippen LogP contribution in [-0.4, -0.2) is 46.5 Å². The van der Waals surface area contributed by atoms with Crippen LogP contribution in [0.2, 0.25) is 0 Å². The van der Waals surface area contributed by atoms with Crippen molar-refractivity contribution in [3.05, 3.63) is 27.9 Å². The van der Waals surface area contributed by atoms with Crippen molar-refractivity contribution in [1.29, 1.82) is 0 Å². The number of hydrogen-bond acceptors (Lipinski definition) is 4. The SMILES string of the molecule is CCNCC1CCN(C(=O)c2ccc([N+](=O)[O-])n2C)CC1. The molecule has 0 radical (unpaired) electrons. The third-order valence-corrected chi connectivity index (χ3v) is 4.09. The first kappa shape index (κ1) is 15.5. The number of carbonyl (C=O) groups excluding carboxylic acids is 1. The van der Waals surface area contributed by atoms with Gasteiger partial charge in [0, 0.05) is 19.2 Å². The number of hydrogen-bond donors (Lipinski definition) is 1. The molecular weight excluding hydrogens is 272 g/mol. The number of likely N-dealkylation sites (tertiary alicyclic amines) is 1. The summed E-state index contributed by atoms with van der Waals surface area (Å²) in [5.74, 6) is 0.435. The van der Waals surface area contributed by atoms with E-state index >= 15 is 0 Å². The van der Waals surface area contributed by atoms with Crippen LogP contribution in [0.25, 0.3) is 0 Å². The van der Waals surface area contributed by atoms with E-state index in [-0.39, 0.29) is 11.7 Å². The van der Waals surface area contributed by atoms with Crippen molar-refractivity contribution in [2.75, 3.05) is 26.2 Å². The van der Waals surface area contributed by atoms with Crippen molar-refractivity contribution in [3.8, 4) is 0 Å². The molecule has 1 amide bonds. The third kappa shape index (κ3) is 3.41. The van der Waals surface area contributed by atoms with E-state index in [2.05, 4.69) is 12.2 Å². The Hall–Kier alpha value is -1.89. The molecular formula is C14H22N4O3. The van der Waals surface area contributed by atoms with Crippen LogP contribution < -0.4 is 5.32 Å². The summed E-state index contributed by atoms with van der Waals surface area (Å²) in [4.78, 5) is 24.6. The minimum atomic E-state index is -0.473. The van der Waals surface area contributed by atoms with Crippen LogP contribution in [0.4, 0.5) is 5.82 Å². The first-order valence-corrected chi connectivity index (χ1v) is 7.34. The van der Waals surface area contributed by atoms with Crippen LogP contribution >= 0.6 is 0 Å². The molecule has 1 saturated heterocycles. The smallest absolute Gasteiger partial charge is 0.323 e. The monoisotopic (exact) mass is 294 g/mol. The van der Waals surface area contributed by atoms with Gasteiger partial charge in [-0.3, -0.25) is 4.79 Å². The largest absolute Gasteiger partial charge is 0.358 e. The maximum absolute atomic E-state index is 12.4. The third-order valence-electron chi connectivity index (χ3n) is 4.09. The van der Waals surface area contributed by atoms with Gasteiger partial charge in [-0.1, -0.05) is 6.92 Å². The first-order chi connectivity index (χ1) is 10.0. The first-order valence-electron chi connectivity index (χ1n) is 7.34. The predicted molar refractivity (Wildman–Crippen MR) is 79.2 cm³/mol. The maximum atomic E-state index is 12.4. The van der Waals surface area contributed by atoms with Crippen LogP contribution in [0.1, 0.15) is 30.3 Å². The number of nitrogens with zero attached hydrogens (tertiary/aromatic N) is 3. The lowest BCUT2D eigenvalue weighted by molar-refractivity contribution is -0.391. The summed E-state index contributed by atoms with van der Waals surface area (Å²) < 4.78 is 1.35.